The van der Waals surface area contributed by atoms with Gasteiger partial charge in [-0.3, -0.25) is 4.79 Å². The Balaban J connectivity index is 1.62. The van der Waals surface area contributed by atoms with Crippen LogP contribution in [-0.2, 0) is 9.53 Å². The Morgan fingerprint density at radius 1 is 1.32 bits per heavy atom. The number of aromatic nitrogens is 2. The summed E-state index contributed by atoms with van der Waals surface area (Å²) in [6.07, 6.45) is 6.69. The van der Waals surface area contributed by atoms with Crippen molar-refractivity contribution in [1.82, 2.24) is 14.9 Å². The molecule has 1 aliphatic rings. The van der Waals surface area contributed by atoms with Crippen molar-refractivity contribution in [2.75, 3.05) is 37.4 Å². The van der Waals surface area contributed by atoms with Crippen molar-refractivity contribution in [3.8, 4) is 5.75 Å². The third-order valence-corrected chi connectivity index (χ3v) is 6.46. The standard InChI is InChI=1S/C27H31ClFN5O3/c1-17(2)34(3)10-4-7-26(35)33-24-13-20-23(14-25(24)37-15-19-6-5-11-36-19)30-16-31-27(20)32-18-8-9-22(29)21(28)12-18/h4,7-9,12-14,16-17,19H,5-6,10-11,15H2,1-3H3,(H,33,35)(H,30,31,32)/b7-4+/t19-/m0/s1. The Bertz CT molecular complexity index is 1280. The lowest BCUT2D eigenvalue weighted by molar-refractivity contribution is -0.111. The summed E-state index contributed by atoms with van der Waals surface area (Å²) in [5.74, 6) is 0.169. The van der Waals surface area contributed by atoms with Gasteiger partial charge in [0.2, 0.25) is 5.91 Å². The molecule has 1 aliphatic heterocycles. The molecule has 196 valence electrons. The predicted octanol–water partition coefficient (Wildman–Crippen LogP) is 5.56. The van der Waals surface area contributed by atoms with Crippen LogP contribution in [0, 0.1) is 5.82 Å². The monoisotopic (exact) mass is 527 g/mol. The Labute approximate surface area is 220 Å². The van der Waals surface area contributed by atoms with E-state index in [1.807, 2.05) is 13.1 Å². The predicted molar refractivity (Wildman–Crippen MR) is 144 cm³/mol. The second-order valence-electron chi connectivity index (χ2n) is 9.21. The number of nitrogens with one attached hydrogen (secondary N) is 2. The van der Waals surface area contributed by atoms with Gasteiger partial charge in [0.25, 0.3) is 0 Å². The highest BCUT2D eigenvalue weighted by atomic mass is 35.5. The molecule has 1 amide bonds. The van der Waals surface area contributed by atoms with Gasteiger partial charge in [0.05, 0.1) is 22.3 Å². The molecule has 1 saturated heterocycles. The smallest absolute Gasteiger partial charge is 0.248 e. The fourth-order valence-electron chi connectivity index (χ4n) is 3.78. The quantitative estimate of drug-likeness (QED) is 0.334. The summed E-state index contributed by atoms with van der Waals surface area (Å²) >= 11 is 5.94. The molecule has 1 aromatic heterocycles. The number of halogens is 2. The molecule has 0 radical (unpaired) electrons. The highest BCUT2D eigenvalue weighted by Gasteiger charge is 2.19. The van der Waals surface area contributed by atoms with Crippen LogP contribution in [0.2, 0.25) is 5.02 Å². The number of nitrogens with zero attached hydrogens (tertiary/aromatic N) is 3. The number of ether oxygens (including phenoxy) is 2. The van der Waals surface area contributed by atoms with Gasteiger partial charge < -0.3 is 25.0 Å². The summed E-state index contributed by atoms with van der Waals surface area (Å²) in [6, 6.07) is 8.22. The second-order valence-corrected chi connectivity index (χ2v) is 9.62. The molecule has 37 heavy (non-hydrogen) atoms. The lowest BCUT2D eigenvalue weighted by Gasteiger charge is -2.18. The number of fused-ring (bicyclic) bond motifs is 1. The first-order valence-corrected chi connectivity index (χ1v) is 12.6. The molecule has 0 spiro atoms. The first-order valence-electron chi connectivity index (χ1n) is 12.2. The number of carbonyl (C=O) groups excluding carboxylic acids is 1. The maximum absolute atomic E-state index is 13.6. The molecule has 10 heteroatoms. The molecule has 4 rings (SSSR count). The molecule has 8 nitrogen and oxygen atoms in total. The van der Waals surface area contributed by atoms with Crippen LogP contribution in [-0.4, -0.2) is 59.7 Å². The minimum absolute atomic E-state index is 0.00368. The Morgan fingerprint density at radius 3 is 2.89 bits per heavy atom. The van der Waals surface area contributed by atoms with Crippen molar-refractivity contribution >= 4 is 45.6 Å². The zero-order chi connectivity index (χ0) is 26.4. The molecule has 2 aromatic carbocycles. The molecular weight excluding hydrogens is 497 g/mol. The first-order chi connectivity index (χ1) is 17.8. The average Bonchev–Trinajstić information content (AvgIpc) is 3.39. The molecular formula is C27H31ClFN5O3. The number of amides is 1. The summed E-state index contributed by atoms with van der Waals surface area (Å²) in [7, 11) is 2.00. The van der Waals surface area contributed by atoms with E-state index in [0.717, 1.165) is 19.4 Å². The van der Waals surface area contributed by atoms with Crippen molar-refractivity contribution in [3.63, 3.8) is 0 Å². The number of anilines is 3. The van der Waals surface area contributed by atoms with Gasteiger partial charge in [0.15, 0.2) is 0 Å². The number of carbonyl (C=O) groups is 1. The third kappa shape index (κ3) is 7.15. The van der Waals surface area contributed by atoms with Gasteiger partial charge in [-0.25, -0.2) is 14.4 Å². The molecule has 1 fully saturated rings. The van der Waals surface area contributed by atoms with Crippen LogP contribution in [0.4, 0.5) is 21.6 Å². The summed E-state index contributed by atoms with van der Waals surface area (Å²) in [5, 5.41) is 6.72. The number of hydrogen-bond donors (Lipinski definition) is 2. The van der Waals surface area contributed by atoms with E-state index < -0.39 is 5.82 Å². The van der Waals surface area contributed by atoms with Crippen molar-refractivity contribution in [1.29, 1.82) is 0 Å². The zero-order valence-corrected chi connectivity index (χ0v) is 21.9. The van der Waals surface area contributed by atoms with Crippen LogP contribution in [0.15, 0.2) is 48.8 Å². The van der Waals surface area contributed by atoms with E-state index in [0.29, 0.717) is 53.0 Å². The highest BCUT2D eigenvalue weighted by molar-refractivity contribution is 6.31. The van der Waals surface area contributed by atoms with Crippen molar-refractivity contribution in [3.05, 3.63) is 59.7 Å². The average molecular weight is 528 g/mol. The number of rotatable bonds is 10. The van der Waals surface area contributed by atoms with Crippen LogP contribution < -0.4 is 15.4 Å². The Morgan fingerprint density at radius 2 is 2.16 bits per heavy atom. The van der Waals surface area contributed by atoms with Crippen LogP contribution in [0.3, 0.4) is 0 Å². The van der Waals surface area contributed by atoms with Gasteiger partial charge in [-0.2, -0.15) is 0 Å². The van der Waals surface area contributed by atoms with E-state index >= 15 is 0 Å². The van der Waals surface area contributed by atoms with E-state index in [9.17, 15) is 9.18 Å². The van der Waals surface area contributed by atoms with Gasteiger partial charge >= 0.3 is 0 Å². The van der Waals surface area contributed by atoms with Crippen LogP contribution in [0.1, 0.15) is 26.7 Å². The Hall–Kier alpha value is -3.27. The van der Waals surface area contributed by atoms with E-state index in [1.165, 1.54) is 24.5 Å². The minimum Gasteiger partial charge on any atom is -0.489 e. The molecule has 0 unspecified atom stereocenters. The van der Waals surface area contributed by atoms with E-state index in [1.54, 1.807) is 18.2 Å². The normalized spacial score (nSPS) is 15.7. The second kappa shape index (κ2) is 12.3. The maximum atomic E-state index is 13.6. The van der Waals surface area contributed by atoms with Gasteiger partial charge in [-0.05, 0) is 58.0 Å². The van der Waals surface area contributed by atoms with E-state index in [-0.39, 0.29) is 17.0 Å². The van der Waals surface area contributed by atoms with Crippen molar-refractivity contribution in [2.24, 2.45) is 0 Å². The van der Waals surface area contributed by atoms with E-state index in [2.05, 4.69) is 39.3 Å². The third-order valence-electron chi connectivity index (χ3n) is 6.17. The molecule has 3 aromatic rings. The molecule has 0 bridgehead atoms. The summed E-state index contributed by atoms with van der Waals surface area (Å²) < 4.78 is 25.4. The summed E-state index contributed by atoms with van der Waals surface area (Å²) in [4.78, 5) is 23.6. The molecule has 2 heterocycles. The van der Waals surface area contributed by atoms with Gasteiger partial charge in [-0.15, -0.1) is 0 Å². The van der Waals surface area contributed by atoms with Gasteiger partial charge in [0, 0.05) is 42.4 Å². The maximum Gasteiger partial charge on any atom is 0.248 e. The number of hydrogen-bond acceptors (Lipinski definition) is 7. The summed E-state index contributed by atoms with van der Waals surface area (Å²) in [6.45, 7) is 5.92. The van der Waals surface area contributed by atoms with E-state index in [4.69, 9.17) is 21.1 Å². The molecule has 2 N–H and O–H groups in total. The molecule has 1 atom stereocenters. The fraction of sp³-hybridized carbons (Fsp3) is 0.370. The SMILES string of the molecule is CC(C)N(C)C/C=C/C(=O)Nc1cc2c(Nc3ccc(F)c(Cl)c3)ncnc2cc1OC[C@@H]1CCCO1. The topological polar surface area (TPSA) is 88.6 Å². The van der Waals surface area contributed by atoms with Crippen molar-refractivity contribution in [2.45, 2.75) is 38.8 Å². The number of likely N-dealkylation sites (N-methyl/N-ethyl adjacent to an activating group) is 1. The Kier molecular flexibility index (Phi) is 8.91. The number of benzene rings is 2. The van der Waals surface area contributed by atoms with Gasteiger partial charge in [0.1, 0.15) is 30.3 Å². The lowest BCUT2D eigenvalue weighted by Crippen LogP contribution is -2.26. The zero-order valence-electron chi connectivity index (χ0n) is 21.1. The highest BCUT2D eigenvalue weighted by Crippen LogP contribution is 2.34. The lowest BCUT2D eigenvalue weighted by atomic mass is 10.1. The van der Waals surface area contributed by atoms with Crippen LogP contribution in [0.5, 0.6) is 5.75 Å². The summed E-state index contributed by atoms with van der Waals surface area (Å²) in [5.41, 5.74) is 1.65. The first kappa shape index (κ1) is 26.8. The fourth-order valence-corrected chi connectivity index (χ4v) is 3.96. The minimum atomic E-state index is -0.509. The molecule has 0 aliphatic carbocycles. The molecule has 0 saturated carbocycles. The van der Waals surface area contributed by atoms with Gasteiger partial charge in [-0.1, -0.05) is 17.7 Å². The van der Waals surface area contributed by atoms with Crippen LogP contribution >= 0.6 is 11.6 Å². The largest absolute Gasteiger partial charge is 0.489 e. The van der Waals surface area contributed by atoms with Crippen molar-refractivity contribution < 1.29 is 18.7 Å². The van der Waals surface area contributed by atoms with Crippen LogP contribution in [0.25, 0.3) is 10.9 Å².